The molecule has 0 N–H and O–H groups in total. The third-order valence-corrected chi connectivity index (χ3v) is 5.41. The van der Waals surface area contributed by atoms with E-state index in [0.717, 1.165) is 5.92 Å². The predicted octanol–water partition coefficient (Wildman–Crippen LogP) is 4.88. The molecule has 0 saturated heterocycles. The van der Waals surface area contributed by atoms with Gasteiger partial charge >= 0.3 is 0 Å². The van der Waals surface area contributed by atoms with Gasteiger partial charge in [0.15, 0.2) is 16.6 Å². The van der Waals surface area contributed by atoms with Crippen LogP contribution in [0.1, 0.15) is 33.1 Å². The summed E-state index contributed by atoms with van der Waals surface area (Å²) in [6, 6.07) is 0. The Morgan fingerprint density at radius 3 is 1.84 bits per heavy atom. The van der Waals surface area contributed by atoms with Crippen LogP contribution in [0.2, 0.25) is 39.3 Å². The van der Waals surface area contributed by atoms with E-state index in [-0.39, 0.29) is 0 Å². The summed E-state index contributed by atoms with van der Waals surface area (Å²) in [5.41, 5.74) is 0. The molecule has 1 rings (SSSR count). The van der Waals surface area contributed by atoms with Gasteiger partial charge in [0.2, 0.25) is 0 Å². The van der Waals surface area contributed by atoms with Crippen LogP contribution in [0.3, 0.4) is 0 Å². The first-order chi connectivity index (χ1) is 8.48. The van der Waals surface area contributed by atoms with Crippen molar-refractivity contribution in [2.75, 3.05) is 0 Å². The molecule has 0 aromatic carbocycles. The molecule has 3 unspecified atom stereocenters. The summed E-state index contributed by atoms with van der Waals surface area (Å²) in [5, 5.41) is 0. The summed E-state index contributed by atoms with van der Waals surface area (Å²) in [6.45, 7) is 18.4. The van der Waals surface area contributed by atoms with E-state index in [1.165, 1.54) is 19.3 Å². The highest BCUT2D eigenvalue weighted by molar-refractivity contribution is 6.70. The highest BCUT2D eigenvalue weighted by Crippen LogP contribution is 2.37. The molecule has 19 heavy (non-hydrogen) atoms. The van der Waals surface area contributed by atoms with Gasteiger partial charge in [-0.2, -0.15) is 0 Å². The summed E-state index contributed by atoms with van der Waals surface area (Å²) < 4.78 is 12.9. The Bertz CT molecular complexity index is 279. The van der Waals surface area contributed by atoms with Crippen LogP contribution in [-0.4, -0.2) is 28.8 Å². The van der Waals surface area contributed by atoms with E-state index in [9.17, 15) is 0 Å². The van der Waals surface area contributed by atoms with E-state index < -0.39 is 16.6 Å². The summed E-state index contributed by atoms with van der Waals surface area (Å²) in [6.07, 6.45) is 4.45. The molecule has 0 bridgehead atoms. The van der Waals surface area contributed by atoms with Crippen molar-refractivity contribution in [2.45, 2.75) is 84.6 Å². The van der Waals surface area contributed by atoms with E-state index in [4.69, 9.17) is 8.85 Å². The zero-order chi connectivity index (χ0) is 14.8. The van der Waals surface area contributed by atoms with Gasteiger partial charge < -0.3 is 8.85 Å². The van der Waals surface area contributed by atoms with E-state index in [0.29, 0.717) is 18.1 Å². The van der Waals surface area contributed by atoms with E-state index in [1.807, 2.05) is 0 Å². The normalized spacial score (nSPS) is 29.2. The highest BCUT2D eigenvalue weighted by atomic mass is 28.4. The van der Waals surface area contributed by atoms with Gasteiger partial charge in [-0.05, 0) is 70.4 Å². The van der Waals surface area contributed by atoms with Crippen LogP contribution >= 0.6 is 0 Å². The smallest absolute Gasteiger partial charge is 0.184 e. The quantitative estimate of drug-likeness (QED) is 0.651. The molecule has 0 aromatic heterocycles. The summed E-state index contributed by atoms with van der Waals surface area (Å²) in [7, 11) is -2.97. The van der Waals surface area contributed by atoms with Crippen LogP contribution < -0.4 is 0 Å². The molecule has 1 fully saturated rings. The maximum atomic E-state index is 6.51. The zero-order valence-corrected chi connectivity index (χ0v) is 16.2. The van der Waals surface area contributed by atoms with Gasteiger partial charge in [0.05, 0.1) is 12.2 Å². The van der Waals surface area contributed by atoms with Crippen molar-refractivity contribution in [3.8, 4) is 0 Å². The van der Waals surface area contributed by atoms with Gasteiger partial charge in [0.1, 0.15) is 0 Å². The maximum Gasteiger partial charge on any atom is 0.184 e. The molecule has 1 aliphatic carbocycles. The Morgan fingerprint density at radius 2 is 1.42 bits per heavy atom. The minimum Gasteiger partial charge on any atom is -0.412 e. The van der Waals surface area contributed by atoms with Gasteiger partial charge in [0, 0.05) is 0 Å². The van der Waals surface area contributed by atoms with Crippen LogP contribution in [-0.2, 0) is 8.85 Å². The maximum absolute atomic E-state index is 6.51. The van der Waals surface area contributed by atoms with Crippen molar-refractivity contribution in [2.24, 2.45) is 11.8 Å². The summed E-state index contributed by atoms with van der Waals surface area (Å²) in [5.74, 6) is 1.46. The fourth-order valence-electron chi connectivity index (χ4n) is 3.03. The molecular formula is C15H34O2Si2. The second-order valence-corrected chi connectivity index (χ2v) is 17.4. The van der Waals surface area contributed by atoms with Crippen LogP contribution in [0.5, 0.6) is 0 Å². The van der Waals surface area contributed by atoms with E-state index in [2.05, 4.69) is 53.1 Å². The number of hydrogen-bond acceptors (Lipinski definition) is 2. The molecule has 0 radical (unpaired) electrons. The second-order valence-electron chi connectivity index (χ2n) is 8.43. The van der Waals surface area contributed by atoms with E-state index >= 15 is 0 Å². The van der Waals surface area contributed by atoms with Crippen LogP contribution in [0.15, 0.2) is 0 Å². The van der Waals surface area contributed by atoms with Gasteiger partial charge in [-0.15, -0.1) is 0 Å². The van der Waals surface area contributed by atoms with Crippen LogP contribution in [0.4, 0.5) is 0 Å². The van der Waals surface area contributed by atoms with E-state index in [1.54, 1.807) is 0 Å². The van der Waals surface area contributed by atoms with Crippen molar-refractivity contribution in [1.29, 1.82) is 0 Å². The largest absolute Gasteiger partial charge is 0.412 e. The highest BCUT2D eigenvalue weighted by Gasteiger charge is 2.41. The molecule has 3 atom stereocenters. The Balaban J connectivity index is 2.75. The first-order valence-electron chi connectivity index (χ1n) is 7.83. The molecule has 114 valence electrons. The topological polar surface area (TPSA) is 18.5 Å². The average molecular weight is 303 g/mol. The first kappa shape index (κ1) is 17.4. The SMILES string of the molecule is CC(C)CC1CCC(O[Si](C)(C)C)C1O[Si](C)(C)C. The minimum absolute atomic E-state index is 0.348. The molecular weight excluding hydrogens is 268 g/mol. The lowest BCUT2D eigenvalue weighted by Crippen LogP contribution is -2.44. The summed E-state index contributed by atoms with van der Waals surface area (Å²) in [4.78, 5) is 0. The fourth-order valence-corrected chi connectivity index (χ4v) is 5.35. The minimum atomic E-state index is -1.50. The Kier molecular flexibility index (Phi) is 5.88. The van der Waals surface area contributed by atoms with Gasteiger partial charge in [-0.25, -0.2) is 0 Å². The van der Waals surface area contributed by atoms with Gasteiger partial charge in [-0.1, -0.05) is 13.8 Å². The van der Waals surface area contributed by atoms with Crippen LogP contribution in [0.25, 0.3) is 0 Å². The molecule has 0 heterocycles. The lowest BCUT2D eigenvalue weighted by molar-refractivity contribution is 0.0391. The monoisotopic (exact) mass is 302 g/mol. The Hall–Kier alpha value is 0.354. The fraction of sp³-hybridized carbons (Fsp3) is 1.00. The molecule has 0 amide bonds. The first-order valence-corrected chi connectivity index (χ1v) is 14.7. The van der Waals surface area contributed by atoms with Crippen molar-refractivity contribution >= 4 is 16.6 Å². The average Bonchev–Trinajstić information content (AvgIpc) is 2.44. The van der Waals surface area contributed by atoms with Gasteiger partial charge in [0.25, 0.3) is 0 Å². The summed E-state index contributed by atoms with van der Waals surface area (Å²) >= 11 is 0. The second kappa shape index (κ2) is 6.41. The van der Waals surface area contributed by atoms with Crippen molar-refractivity contribution in [1.82, 2.24) is 0 Å². The molecule has 0 spiro atoms. The standard InChI is InChI=1S/C15H34O2Si2/c1-12(2)11-13-9-10-14(16-18(3,4)5)15(13)17-19(6,7)8/h12-15H,9-11H2,1-8H3. The zero-order valence-electron chi connectivity index (χ0n) is 14.2. The lowest BCUT2D eigenvalue weighted by Gasteiger charge is -2.35. The van der Waals surface area contributed by atoms with Crippen molar-refractivity contribution in [3.63, 3.8) is 0 Å². The molecule has 4 heteroatoms. The molecule has 1 aliphatic rings. The molecule has 1 saturated carbocycles. The number of hydrogen-bond donors (Lipinski definition) is 0. The molecule has 0 aromatic rings. The molecule has 0 aliphatic heterocycles. The Morgan fingerprint density at radius 1 is 0.895 bits per heavy atom. The lowest BCUT2D eigenvalue weighted by atomic mass is 9.94. The van der Waals surface area contributed by atoms with Gasteiger partial charge in [-0.3, -0.25) is 0 Å². The number of rotatable bonds is 6. The Labute approximate surface area is 122 Å². The molecule has 2 nitrogen and oxygen atoms in total. The third kappa shape index (κ3) is 6.56. The van der Waals surface area contributed by atoms with Crippen LogP contribution in [0, 0.1) is 11.8 Å². The third-order valence-electron chi connectivity index (χ3n) is 3.42. The predicted molar refractivity (Wildman–Crippen MR) is 88.6 cm³/mol. The van der Waals surface area contributed by atoms with Crippen molar-refractivity contribution in [3.05, 3.63) is 0 Å². The van der Waals surface area contributed by atoms with Crippen molar-refractivity contribution < 1.29 is 8.85 Å².